The van der Waals surface area contributed by atoms with Crippen LogP contribution < -0.4 is 5.73 Å². The largest absolute Gasteiger partial charge is 0.381 e. The van der Waals surface area contributed by atoms with Crippen LogP contribution in [0, 0.1) is 0 Å². The first-order valence-corrected chi connectivity index (χ1v) is 4.09. The Morgan fingerprint density at radius 3 is 2.79 bits per heavy atom. The van der Waals surface area contributed by atoms with Gasteiger partial charge in [-0.05, 0) is 6.42 Å². The van der Waals surface area contributed by atoms with E-state index in [1.54, 1.807) is 0 Å². The number of aromatic nitrogens is 3. The molecule has 7 heteroatoms. The van der Waals surface area contributed by atoms with E-state index in [2.05, 4.69) is 15.2 Å². The van der Waals surface area contributed by atoms with Gasteiger partial charge >= 0.3 is 0 Å². The van der Waals surface area contributed by atoms with Gasteiger partial charge in [0.2, 0.25) is 0 Å². The highest BCUT2D eigenvalue weighted by molar-refractivity contribution is 5.85. The van der Waals surface area contributed by atoms with Crippen molar-refractivity contribution in [2.45, 2.75) is 18.9 Å². The molecule has 1 aliphatic heterocycles. The average Bonchev–Trinajstić information content (AvgIpc) is 2.75. The van der Waals surface area contributed by atoms with Crippen LogP contribution in [0.15, 0.2) is 0 Å². The van der Waals surface area contributed by atoms with Crippen molar-refractivity contribution in [1.29, 1.82) is 0 Å². The molecule has 1 aromatic rings. The molecule has 0 bridgehead atoms. The summed E-state index contributed by atoms with van der Waals surface area (Å²) in [7, 11) is 0. The predicted molar refractivity (Wildman–Crippen MR) is 56.9 cm³/mol. The van der Waals surface area contributed by atoms with Crippen LogP contribution in [0.3, 0.4) is 0 Å². The smallest absolute Gasteiger partial charge is 0.156 e. The number of ether oxygens (including phenoxy) is 1. The first-order chi connectivity index (χ1) is 5.90. The lowest BCUT2D eigenvalue weighted by Crippen LogP contribution is -2.01. The molecule has 82 valence electrons. The number of halogens is 2. The number of rotatable bonds is 2. The molecule has 0 amide bonds. The van der Waals surface area contributed by atoms with Gasteiger partial charge < -0.3 is 10.5 Å². The van der Waals surface area contributed by atoms with E-state index in [4.69, 9.17) is 10.5 Å². The highest BCUT2D eigenvalue weighted by Crippen LogP contribution is 2.21. The summed E-state index contributed by atoms with van der Waals surface area (Å²) in [5.41, 5.74) is 5.40. The molecule has 1 fully saturated rings. The summed E-state index contributed by atoms with van der Waals surface area (Å²) in [5.74, 6) is 1.95. The minimum Gasteiger partial charge on any atom is -0.381 e. The van der Waals surface area contributed by atoms with Crippen LogP contribution >= 0.6 is 24.8 Å². The Kier molecular flexibility index (Phi) is 6.03. The maximum atomic E-state index is 5.40. The predicted octanol–water partition coefficient (Wildman–Crippen LogP) is 0.611. The van der Waals surface area contributed by atoms with Gasteiger partial charge in [-0.25, -0.2) is 4.98 Å². The molecule has 0 radical (unpaired) electrons. The normalized spacial score (nSPS) is 19.9. The van der Waals surface area contributed by atoms with E-state index >= 15 is 0 Å². The van der Waals surface area contributed by atoms with Gasteiger partial charge in [0.25, 0.3) is 0 Å². The third-order valence-electron chi connectivity index (χ3n) is 2.04. The van der Waals surface area contributed by atoms with Gasteiger partial charge in [-0.1, -0.05) is 0 Å². The molecule has 0 saturated carbocycles. The fraction of sp³-hybridized carbons (Fsp3) is 0.714. The van der Waals surface area contributed by atoms with Crippen molar-refractivity contribution in [3.8, 4) is 0 Å². The Balaban J connectivity index is 0.000000845. The Morgan fingerprint density at radius 2 is 2.29 bits per heavy atom. The molecule has 1 saturated heterocycles. The minimum atomic E-state index is 0. The van der Waals surface area contributed by atoms with Crippen molar-refractivity contribution in [3.63, 3.8) is 0 Å². The fourth-order valence-electron chi connectivity index (χ4n) is 1.32. The SMILES string of the molecule is Cl.Cl.NCc1nc(C2CCOC2)n[nH]1. The van der Waals surface area contributed by atoms with E-state index in [0.717, 1.165) is 31.3 Å². The second-order valence-corrected chi connectivity index (χ2v) is 2.90. The summed E-state index contributed by atoms with van der Waals surface area (Å²) in [6.07, 6.45) is 1.02. The summed E-state index contributed by atoms with van der Waals surface area (Å²) in [6, 6.07) is 0. The fourth-order valence-corrected chi connectivity index (χ4v) is 1.32. The lowest BCUT2D eigenvalue weighted by atomic mass is 10.1. The molecule has 2 heterocycles. The molecule has 0 aliphatic carbocycles. The monoisotopic (exact) mass is 240 g/mol. The second-order valence-electron chi connectivity index (χ2n) is 2.90. The van der Waals surface area contributed by atoms with Crippen molar-refractivity contribution >= 4 is 24.8 Å². The minimum absolute atomic E-state index is 0. The van der Waals surface area contributed by atoms with E-state index in [0.29, 0.717) is 12.5 Å². The summed E-state index contributed by atoms with van der Waals surface area (Å²) in [4.78, 5) is 4.24. The van der Waals surface area contributed by atoms with Crippen LogP contribution in [-0.2, 0) is 11.3 Å². The number of H-pyrrole nitrogens is 1. The van der Waals surface area contributed by atoms with Crippen molar-refractivity contribution in [1.82, 2.24) is 15.2 Å². The van der Waals surface area contributed by atoms with Crippen LogP contribution in [0.25, 0.3) is 0 Å². The summed E-state index contributed by atoms with van der Waals surface area (Å²) in [6.45, 7) is 1.97. The molecule has 3 N–H and O–H groups in total. The first-order valence-electron chi connectivity index (χ1n) is 4.09. The molecule has 1 atom stereocenters. The molecule has 1 aliphatic rings. The van der Waals surface area contributed by atoms with Crippen molar-refractivity contribution in [2.75, 3.05) is 13.2 Å². The zero-order valence-electron chi connectivity index (χ0n) is 7.60. The van der Waals surface area contributed by atoms with Gasteiger partial charge in [-0.15, -0.1) is 24.8 Å². The Labute approximate surface area is 94.6 Å². The van der Waals surface area contributed by atoms with Gasteiger partial charge in [0, 0.05) is 12.5 Å². The van der Waals surface area contributed by atoms with Gasteiger partial charge in [-0.2, -0.15) is 5.10 Å². The molecular formula is C7H14Cl2N4O. The Hall–Kier alpha value is -0.360. The Bertz CT molecular complexity index is 262. The van der Waals surface area contributed by atoms with Crippen molar-refractivity contribution in [3.05, 3.63) is 11.6 Å². The van der Waals surface area contributed by atoms with Crippen LogP contribution in [-0.4, -0.2) is 28.4 Å². The maximum absolute atomic E-state index is 5.40. The van der Waals surface area contributed by atoms with E-state index in [1.807, 2.05) is 0 Å². The molecule has 14 heavy (non-hydrogen) atoms. The number of nitrogens with one attached hydrogen (secondary N) is 1. The molecule has 0 aromatic carbocycles. The molecule has 2 rings (SSSR count). The zero-order valence-corrected chi connectivity index (χ0v) is 9.24. The maximum Gasteiger partial charge on any atom is 0.156 e. The van der Waals surface area contributed by atoms with Gasteiger partial charge in [0.1, 0.15) is 5.82 Å². The van der Waals surface area contributed by atoms with Gasteiger partial charge in [0.05, 0.1) is 13.2 Å². The lowest BCUT2D eigenvalue weighted by Gasteiger charge is -1.98. The van der Waals surface area contributed by atoms with Crippen molar-refractivity contribution < 1.29 is 4.74 Å². The average molecular weight is 241 g/mol. The zero-order chi connectivity index (χ0) is 8.39. The Morgan fingerprint density at radius 1 is 1.50 bits per heavy atom. The van der Waals surface area contributed by atoms with Crippen LogP contribution in [0.1, 0.15) is 24.0 Å². The third-order valence-corrected chi connectivity index (χ3v) is 2.04. The van der Waals surface area contributed by atoms with E-state index < -0.39 is 0 Å². The van der Waals surface area contributed by atoms with Gasteiger partial charge in [-0.3, -0.25) is 5.10 Å². The lowest BCUT2D eigenvalue weighted by molar-refractivity contribution is 0.193. The molecule has 1 unspecified atom stereocenters. The second kappa shape index (κ2) is 6.19. The first kappa shape index (κ1) is 13.6. The standard InChI is InChI=1S/C7H12N4O.2ClH/c8-3-6-9-7(11-10-6)5-1-2-12-4-5;;/h5H,1-4,8H2,(H,9,10,11);2*1H. The van der Waals surface area contributed by atoms with Crippen LogP contribution in [0.4, 0.5) is 0 Å². The third kappa shape index (κ3) is 2.81. The topological polar surface area (TPSA) is 76.8 Å². The highest BCUT2D eigenvalue weighted by Gasteiger charge is 2.21. The van der Waals surface area contributed by atoms with E-state index in [1.165, 1.54) is 0 Å². The summed E-state index contributed by atoms with van der Waals surface area (Å²) >= 11 is 0. The van der Waals surface area contributed by atoms with Crippen molar-refractivity contribution in [2.24, 2.45) is 5.73 Å². The van der Waals surface area contributed by atoms with E-state index in [-0.39, 0.29) is 24.8 Å². The highest BCUT2D eigenvalue weighted by atomic mass is 35.5. The summed E-state index contributed by atoms with van der Waals surface area (Å²) < 4.78 is 5.23. The van der Waals surface area contributed by atoms with Crippen LogP contribution in [0.2, 0.25) is 0 Å². The number of hydrogen-bond acceptors (Lipinski definition) is 4. The molecular weight excluding hydrogens is 227 g/mol. The van der Waals surface area contributed by atoms with E-state index in [9.17, 15) is 0 Å². The van der Waals surface area contributed by atoms with Gasteiger partial charge in [0.15, 0.2) is 5.82 Å². The quantitative estimate of drug-likeness (QED) is 0.795. The number of hydrogen-bond donors (Lipinski definition) is 2. The summed E-state index contributed by atoms with van der Waals surface area (Å²) in [5, 5.41) is 6.86. The molecule has 5 nitrogen and oxygen atoms in total. The van der Waals surface area contributed by atoms with Crippen LogP contribution in [0.5, 0.6) is 0 Å². The number of aromatic amines is 1. The molecule has 0 spiro atoms. The molecule has 1 aromatic heterocycles. The number of nitrogens with two attached hydrogens (primary N) is 1. The number of nitrogens with zero attached hydrogens (tertiary/aromatic N) is 2.